The Labute approximate surface area is 96.7 Å². The SMILES string of the molecule is CCN(CC)CCCNc1cccc(F)n1. The lowest BCUT2D eigenvalue weighted by Gasteiger charge is -2.17. The molecule has 0 saturated carbocycles. The molecule has 0 saturated heterocycles. The lowest BCUT2D eigenvalue weighted by molar-refractivity contribution is 0.303. The van der Waals surface area contributed by atoms with Gasteiger partial charge < -0.3 is 10.2 Å². The zero-order chi connectivity index (χ0) is 11.8. The highest BCUT2D eigenvalue weighted by molar-refractivity contribution is 5.33. The van der Waals surface area contributed by atoms with Crippen LogP contribution < -0.4 is 5.32 Å². The van der Waals surface area contributed by atoms with Crippen molar-refractivity contribution < 1.29 is 4.39 Å². The molecule has 0 aliphatic carbocycles. The van der Waals surface area contributed by atoms with Crippen LogP contribution in [-0.2, 0) is 0 Å². The summed E-state index contributed by atoms with van der Waals surface area (Å²) in [5, 5.41) is 3.11. The van der Waals surface area contributed by atoms with E-state index in [9.17, 15) is 4.39 Å². The van der Waals surface area contributed by atoms with E-state index in [1.54, 1.807) is 12.1 Å². The number of hydrogen-bond donors (Lipinski definition) is 1. The molecule has 1 aromatic heterocycles. The Morgan fingerprint density at radius 2 is 2.06 bits per heavy atom. The summed E-state index contributed by atoms with van der Waals surface area (Å²) in [4.78, 5) is 6.10. The summed E-state index contributed by atoms with van der Waals surface area (Å²) in [5.41, 5.74) is 0. The molecule has 90 valence electrons. The van der Waals surface area contributed by atoms with Crippen LogP contribution in [0.25, 0.3) is 0 Å². The molecule has 0 fully saturated rings. The van der Waals surface area contributed by atoms with Gasteiger partial charge in [0, 0.05) is 6.54 Å². The highest BCUT2D eigenvalue weighted by Crippen LogP contribution is 2.03. The first-order valence-electron chi connectivity index (χ1n) is 5.85. The van der Waals surface area contributed by atoms with E-state index < -0.39 is 5.95 Å². The standard InChI is InChI=1S/C12H20FN3/c1-3-16(4-2)10-6-9-14-12-8-5-7-11(13)15-12/h5,7-8H,3-4,6,9-10H2,1-2H3,(H,14,15). The van der Waals surface area contributed by atoms with E-state index in [2.05, 4.69) is 29.0 Å². The minimum Gasteiger partial charge on any atom is -0.370 e. The van der Waals surface area contributed by atoms with Crippen molar-refractivity contribution in [2.45, 2.75) is 20.3 Å². The zero-order valence-electron chi connectivity index (χ0n) is 10.0. The second kappa shape index (κ2) is 7.17. The molecule has 1 heterocycles. The average molecular weight is 225 g/mol. The molecule has 0 atom stereocenters. The van der Waals surface area contributed by atoms with Gasteiger partial charge in [-0.3, -0.25) is 0 Å². The normalized spacial score (nSPS) is 10.8. The van der Waals surface area contributed by atoms with Gasteiger partial charge in [-0.1, -0.05) is 19.9 Å². The molecular weight excluding hydrogens is 205 g/mol. The Morgan fingerprint density at radius 3 is 2.69 bits per heavy atom. The number of anilines is 1. The molecule has 1 N–H and O–H groups in total. The molecule has 3 nitrogen and oxygen atoms in total. The number of hydrogen-bond acceptors (Lipinski definition) is 3. The van der Waals surface area contributed by atoms with E-state index in [0.717, 1.165) is 32.6 Å². The van der Waals surface area contributed by atoms with Crippen LogP contribution in [0.2, 0.25) is 0 Å². The van der Waals surface area contributed by atoms with Crippen molar-refractivity contribution in [2.24, 2.45) is 0 Å². The summed E-state index contributed by atoms with van der Waals surface area (Å²) in [6, 6.07) is 4.79. The topological polar surface area (TPSA) is 28.2 Å². The van der Waals surface area contributed by atoms with Crippen molar-refractivity contribution in [1.82, 2.24) is 9.88 Å². The summed E-state index contributed by atoms with van der Waals surface area (Å²) in [6.07, 6.45) is 1.04. The Hall–Kier alpha value is -1.16. The maximum absolute atomic E-state index is 12.8. The molecule has 0 aromatic carbocycles. The van der Waals surface area contributed by atoms with Crippen LogP contribution in [-0.4, -0.2) is 36.1 Å². The van der Waals surface area contributed by atoms with Gasteiger partial charge in [-0.05, 0) is 38.2 Å². The fraction of sp³-hybridized carbons (Fsp3) is 0.583. The van der Waals surface area contributed by atoms with Crippen LogP contribution in [0.4, 0.5) is 10.2 Å². The molecule has 0 amide bonds. The van der Waals surface area contributed by atoms with Gasteiger partial charge in [0.25, 0.3) is 0 Å². The van der Waals surface area contributed by atoms with E-state index >= 15 is 0 Å². The third-order valence-corrected chi connectivity index (χ3v) is 2.57. The van der Waals surface area contributed by atoms with Crippen molar-refractivity contribution >= 4 is 5.82 Å². The molecule has 0 unspecified atom stereocenters. The van der Waals surface area contributed by atoms with E-state index in [1.807, 2.05) is 0 Å². The monoisotopic (exact) mass is 225 g/mol. The molecule has 4 heteroatoms. The minimum atomic E-state index is -0.436. The first kappa shape index (κ1) is 12.9. The van der Waals surface area contributed by atoms with Gasteiger partial charge in [-0.2, -0.15) is 4.39 Å². The first-order chi connectivity index (χ1) is 7.76. The van der Waals surface area contributed by atoms with Crippen molar-refractivity contribution in [3.8, 4) is 0 Å². The molecule has 0 radical (unpaired) electrons. The smallest absolute Gasteiger partial charge is 0.214 e. The number of halogens is 1. The molecule has 0 spiro atoms. The zero-order valence-corrected chi connectivity index (χ0v) is 10.0. The van der Waals surface area contributed by atoms with Crippen LogP contribution in [0.5, 0.6) is 0 Å². The molecule has 0 aliphatic heterocycles. The van der Waals surface area contributed by atoms with Crippen molar-refractivity contribution in [1.29, 1.82) is 0 Å². The predicted molar refractivity (Wildman–Crippen MR) is 65.1 cm³/mol. The number of pyridine rings is 1. The quantitative estimate of drug-likeness (QED) is 0.570. The van der Waals surface area contributed by atoms with Crippen LogP contribution in [0.15, 0.2) is 18.2 Å². The van der Waals surface area contributed by atoms with Crippen LogP contribution in [0.1, 0.15) is 20.3 Å². The lowest BCUT2D eigenvalue weighted by Crippen LogP contribution is -2.25. The van der Waals surface area contributed by atoms with Gasteiger partial charge in [-0.25, -0.2) is 4.98 Å². The second-order valence-corrected chi connectivity index (χ2v) is 3.65. The van der Waals surface area contributed by atoms with E-state index in [-0.39, 0.29) is 0 Å². The summed E-state index contributed by atoms with van der Waals surface area (Å²) >= 11 is 0. The van der Waals surface area contributed by atoms with Gasteiger partial charge in [0.15, 0.2) is 0 Å². The Kier molecular flexibility index (Phi) is 5.78. The predicted octanol–water partition coefficient (Wildman–Crippen LogP) is 2.36. The molecule has 0 bridgehead atoms. The van der Waals surface area contributed by atoms with Gasteiger partial charge in [-0.15, -0.1) is 0 Å². The summed E-state index contributed by atoms with van der Waals surface area (Å²) in [5.74, 6) is 0.174. The molecule has 16 heavy (non-hydrogen) atoms. The van der Waals surface area contributed by atoms with E-state index in [0.29, 0.717) is 5.82 Å². The summed E-state index contributed by atoms with van der Waals surface area (Å²) in [7, 11) is 0. The van der Waals surface area contributed by atoms with Crippen LogP contribution in [0, 0.1) is 5.95 Å². The second-order valence-electron chi connectivity index (χ2n) is 3.65. The maximum Gasteiger partial charge on any atom is 0.214 e. The van der Waals surface area contributed by atoms with Crippen molar-refractivity contribution in [2.75, 3.05) is 31.5 Å². The van der Waals surface area contributed by atoms with Crippen molar-refractivity contribution in [3.05, 3.63) is 24.1 Å². The first-order valence-corrected chi connectivity index (χ1v) is 5.85. The Bertz CT molecular complexity index is 300. The molecule has 1 rings (SSSR count). The number of aromatic nitrogens is 1. The van der Waals surface area contributed by atoms with Gasteiger partial charge in [0.1, 0.15) is 5.82 Å². The van der Waals surface area contributed by atoms with Gasteiger partial charge in [0.2, 0.25) is 5.95 Å². The fourth-order valence-electron chi connectivity index (χ4n) is 1.57. The fourth-order valence-corrected chi connectivity index (χ4v) is 1.57. The largest absolute Gasteiger partial charge is 0.370 e. The third-order valence-electron chi connectivity index (χ3n) is 2.57. The molecular formula is C12H20FN3. The number of rotatable bonds is 7. The Morgan fingerprint density at radius 1 is 1.31 bits per heavy atom. The average Bonchev–Trinajstić information content (AvgIpc) is 2.29. The lowest BCUT2D eigenvalue weighted by atomic mass is 10.3. The minimum absolute atomic E-state index is 0.436. The summed E-state index contributed by atoms with van der Waals surface area (Å²) in [6.45, 7) is 8.36. The van der Waals surface area contributed by atoms with Gasteiger partial charge >= 0.3 is 0 Å². The summed E-state index contributed by atoms with van der Waals surface area (Å²) < 4.78 is 12.8. The highest BCUT2D eigenvalue weighted by Gasteiger charge is 1.99. The highest BCUT2D eigenvalue weighted by atomic mass is 19.1. The van der Waals surface area contributed by atoms with Crippen molar-refractivity contribution in [3.63, 3.8) is 0 Å². The third kappa shape index (κ3) is 4.57. The van der Waals surface area contributed by atoms with Crippen LogP contribution >= 0.6 is 0 Å². The molecule has 0 aliphatic rings. The number of nitrogens with zero attached hydrogens (tertiary/aromatic N) is 2. The van der Waals surface area contributed by atoms with Gasteiger partial charge in [0.05, 0.1) is 0 Å². The number of nitrogens with one attached hydrogen (secondary N) is 1. The molecule has 1 aromatic rings. The van der Waals surface area contributed by atoms with E-state index in [4.69, 9.17) is 0 Å². The van der Waals surface area contributed by atoms with Crippen LogP contribution in [0.3, 0.4) is 0 Å². The maximum atomic E-state index is 12.8. The van der Waals surface area contributed by atoms with E-state index in [1.165, 1.54) is 6.07 Å². The Balaban J connectivity index is 2.20.